The van der Waals surface area contributed by atoms with Crippen LogP contribution in [0.25, 0.3) is 21.5 Å². The van der Waals surface area contributed by atoms with E-state index in [0.717, 1.165) is 21.5 Å². The molecule has 4 aromatic rings. The summed E-state index contributed by atoms with van der Waals surface area (Å²) in [6.07, 6.45) is 1.94. The second kappa shape index (κ2) is 6.61. The van der Waals surface area contributed by atoms with Crippen LogP contribution in [0.1, 0.15) is 0 Å². The first-order valence-electron chi connectivity index (χ1n) is 8.08. The monoisotopic (exact) mass is 364 g/mol. The molecule has 130 valence electrons. The van der Waals surface area contributed by atoms with Gasteiger partial charge in [0.1, 0.15) is 12.2 Å². The number of aryl methyl sites for hydroxylation is 1. The lowest BCUT2D eigenvalue weighted by Crippen LogP contribution is -2.29. The van der Waals surface area contributed by atoms with Gasteiger partial charge in [0.2, 0.25) is 5.91 Å². The number of benzene rings is 1. The molecule has 1 N–H and O–H groups in total. The van der Waals surface area contributed by atoms with Crippen molar-refractivity contribution in [3.63, 3.8) is 0 Å². The average Bonchev–Trinajstić information content (AvgIpc) is 3.28. The second-order valence-electron chi connectivity index (χ2n) is 5.90. The molecule has 0 bridgehead atoms. The quantitative estimate of drug-likeness (QED) is 0.605. The molecule has 1 aromatic carbocycles. The maximum atomic E-state index is 12.5. The molecule has 3 aromatic heterocycles. The molecule has 7 heteroatoms. The van der Waals surface area contributed by atoms with E-state index in [4.69, 9.17) is 0 Å². The average molecular weight is 364 g/mol. The first-order valence-corrected chi connectivity index (χ1v) is 8.96. The summed E-state index contributed by atoms with van der Waals surface area (Å²) in [4.78, 5) is 25.5. The molecule has 6 nitrogen and oxygen atoms in total. The zero-order valence-corrected chi connectivity index (χ0v) is 14.9. The Morgan fingerprint density at radius 3 is 2.85 bits per heavy atom. The normalized spacial score (nSPS) is 11.0. The largest absolute Gasteiger partial charge is 0.350 e. The Morgan fingerprint density at radius 1 is 1.15 bits per heavy atom. The fourth-order valence-corrected chi connectivity index (χ4v) is 3.55. The van der Waals surface area contributed by atoms with Crippen molar-refractivity contribution < 1.29 is 4.79 Å². The molecule has 0 spiro atoms. The number of thiophene rings is 1. The van der Waals surface area contributed by atoms with Crippen LogP contribution in [0.3, 0.4) is 0 Å². The maximum absolute atomic E-state index is 12.5. The van der Waals surface area contributed by atoms with Gasteiger partial charge in [0.05, 0.1) is 10.6 Å². The molecule has 0 saturated carbocycles. The van der Waals surface area contributed by atoms with Crippen LogP contribution >= 0.6 is 11.3 Å². The molecule has 0 aliphatic carbocycles. The van der Waals surface area contributed by atoms with Crippen LogP contribution in [0.5, 0.6) is 0 Å². The van der Waals surface area contributed by atoms with Crippen LogP contribution in [0.4, 0.5) is 5.69 Å². The Balaban J connectivity index is 1.58. The fourth-order valence-electron chi connectivity index (χ4n) is 2.86. The lowest BCUT2D eigenvalue weighted by molar-refractivity contribution is -0.117. The van der Waals surface area contributed by atoms with Crippen LogP contribution in [-0.4, -0.2) is 20.3 Å². The van der Waals surface area contributed by atoms with Gasteiger partial charge in [0, 0.05) is 30.2 Å². The number of hydrogen-bond acceptors (Lipinski definition) is 4. The number of nitrogens with one attached hydrogen (secondary N) is 1. The van der Waals surface area contributed by atoms with Crippen molar-refractivity contribution in [2.45, 2.75) is 6.54 Å². The van der Waals surface area contributed by atoms with Crippen molar-refractivity contribution in [3.05, 3.63) is 70.5 Å². The van der Waals surface area contributed by atoms with Crippen molar-refractivity contribution in [2.75, 3.05) is 5.32 Å². The van der Waals surface area contributed by atoms with E-state index < -0.39 is 0 Å². The molecule has 0 radical (unpaired) electrons. The lowest BCUT2D eigenvalue weighted by Gasteiger charge is -2.09. The van der Waals surface area contributed by atoms with Crippen LogP contribution in [0, 0.1) is 0 Å². The molecule has 1 amide bonds. The zero-order valence-electron chi connectivity index (χ0n) is 14.0. The highest BCUT2D eigenvalue weighted by atomic mass is 32.1. The SMILES string of the molecule is Cn1ccc2c(NC(=O)Cn3nc(-c4cccs4)ccc3=O)cccc21. The lowest BCUT2D eigenvalue weighted by atomic mass is 10.2. The van der Waals surface area contributed by atoms with Crippen molar-refractivity contribution in [2.24, 2.45) is 7.05 Å². The number of amides is 1. The minimum atomic E-state index is -0.307. The van der Waals surface area contributed by atoms with E-state index in [1.165, 1.54) is 22.1 Å². The zero-order chi connectivity index (χ0) is 18.1. The number of fused-ring (bicyclic) bond motifs is 1. The molecule has 0 saturated heterocycles. The van der Waals surface area contributed by atoms with E-state index in [9.17, 15) is 9.59 Å². The van der Waals surface area contributed by atoms with Crippen molar-refractivity contribution >= 4 is 33.8 Å². The van der Waals surface area contributed by atoms with Gasteiger partial charge in [-0.15, -0.1) is 11.3 Å². The molecule has 0 aliphatic rings. The minimum Gasteiger partial charge on any atom is -0.350 e. The molecule has 26 heavy (non-hydrogen) atoms. The number of aromatic nitrogens is 3. The third kappa shape index (κ3) is 3.04. The topological polar surface area (TPSA) is 68.9 Å². The predicted molar refractivity (Wildman–Crippen MR) is 103 cm³/mol. The van der Waals surface area contributed by atoms with Gasteiger partial charge in [0.25, 0.3) is 5.56 Å². The molecule has 3 heterocycles. The third-order valence-corrected chi connectivity index (χ3v) is 5.03. The van der Waals surface area contributed by atoms with Crippen LogP contribution < -0.4 is 10.9 Å². The molecule has 0 atom stereocenters. The Kier molecular flexibility index (Phi) is 4.14. The van der Waals surface area contributed by atoms with Crippen LogP contribution in [-0.2, 0) is 18.4 Å². The number of nitrogens with zero attached hydrogens (tertiary/aromatic N) is 3. The number of carbonyl (C=O) groups excluding carboxylic acids is 1. The van der Waals surface area contributed by atoms with Gasteiger partial charge in [-0.1, -0.05) is 12.1 Å². The molecular formula is C19H16N4O2S. The highest BCUT2D eigenvalue weighted by molar-refractivity contribution is 7.13. The van der Waals surface area contributed by atoms with Gasteiger partial charge in [-0.2, -0.15) is 5.10 Å². The Morgan fingerprint density at radius 2 is 2.04 bits per heavy atom. The summed E-state index contributed by atoms with van der Waals surface area (Å²) in [6.45, 7) is -0.138. The standard InChI is InChI=1S/C19H16N4O2S/c1-22-10-9-13-14(4-2-5-16(13)22)20-18(24)12-23-19(25)8-7-15(21-23)17-6-3-11-26-17/h2-11H,12H2,1H3,(H,20,24). The van der Waals surface area contributed by atoms with E-state index in [1.54, 1.807) is 6.07 Å². The van der Waals surface area contributed by atoms with Gasteiger partial charge in [-0.05, 0) is 35.7 Å². The third-order valence-electron chi connectivity index (χ3n) is 4.14. The predicted octanol–water partition coefficient (Wildman–Crippen LogP) is 3.10. The summed E-state index contributed by atoms with van der Waals surface area (Å²) in [5.41, 5.74) is 2.12. The number of carbonyl (C=O) groups is 1. The summed E-state index contributed by atoms with van der Waals surface area (Å²) in [5.74, 6) is -0.292. The highest BCUT2D eigenvalue weighted by Gasteiger charge is 2.11. The first-order chi connectivity index (χ1) is 12.6. The van der Waals surface area contributed by atoms with Gasteiger partial charge in [-0.3, -0.25) is 9.59 Å². The molecule has 4 rings (SSSR count). The minimum absolute atomic E-state index is 0.138. The summed E-state index contributed by atoms with van der Waals surface area (Å²) in [6, 6.07) is 14.6. The second-order valence-corrected chi connectivity index (χ2v) is 6.85. The van der Waals surface area contributed by atoms with E-state index in [1.807, 2.05) is 59.6 Å². The van der Waals surface area contributed by atoms with Crippen molar-refractivity contribution in [3.8, 4) is 10.6 Å². The van der Waals surface area contributed by atoms with Crippen LogP contribution in [0.15, 0.2) is 64.9 Å². The molecule has 0 unspecified atom stereocenters. The summed E-state index contributed by atoms with van der Waals surface area (Å²) in [7, 11) is 1.95. The summed E-state index contributed by atoms with van der Waals surface area (Å²) in [5, 5.41) is 10.1. The fraction of sp³-hybridized carbons (Fsp3) is 0.105. The van der Waals surface area contributed by atoms with Gasteiger partial charge in [-0.25, -0.2) is 4.68 Å². The van der Waals surface area contributed by atoms with Gasteiger partial charge in [0.15, 0.2) is 0 Å². The maximum Gasteiger partial charge on any atom is 0.267 e. The Hall–Kier alpha value is -3.19. The number of anilines is 1. The van der Waals surface area contributed by atoms with E-state index in [0.29, 0.717) is 5.69 Å². The van der Waals surface area contributed by atoms with E-state index >= 15 is 0 Å². The Labute approximate surface area is 153 Å². The summed E-state index contributed by atoms with van der Waals surface area (Å²) < 4.78 is 3.18. The molecular weight excluding hydrogens is 348 g/mol. The number of rotatable bonds is 4. The van der Waals surface area contributed by atoms with E-state index in [2.05, 4.69) is 10.4 Å². The van der Waals surface area contributed by atoms with Crippen molar-refractivity contribution in [1.29, 1.82) is 0 Å². The molecule has 0 fully saturated rings. The number of hydrogen-bond donors (Lipinski definition) is 1. The first kappa shape index (κ1) is 16.3. The Bertz CT molecular complexity index is 1140. The molecule has 0 aliphatic heterocycles. The van der Waals surface area contributed by atoms with Gasteiger partial charge < -0.3 is 9.88 Å². The summed E-state index contributed by atoms with van der Waals surface area (Å²) >= 11 is 1.54. The van der Waals surface area contributed by atoms with Crippen molar-refractivity contribution in [1.82, 2.24) is 14.3 Å². The highest BCUT2D eigenvalue weighted by Crippen LogP contribution is 2.24. The van der Waals surface area contributed by atoms with E-state index in [-0.39, 0.29) is 18.0 Å². The van der Waals surface area contributed by atoms with Crippen LogP contribution in [0.2, 0.25) is 0 Å². The smallest absolute Gasteiger partial charge is 0.267 e. The van der Waals surface area contributed by atoms with Gasteiger partial charge >= 0.3 is 0 Å².